The molecule has 56 valence electrons. The lowest BCUT2D eigenvalue weighted by Gasteiger charge is -2.07. The van der Waals surface area contributed by atoms with Crippen LogP contribution in [0.2, 0.25) is 0 Å². The molecule has 0 radical (unpaired) electrons. The van der Waals surface area contributed by atoms with Crippen LogP contribution in [0.3, 0.4) is 0 Å². The molecule has 0 aliphatic heterocycles. The molecule has 0 bridgehead atoms. The first-order chi connectivity index (χ1) is 5.33. The van der Waals surface area contributed by atoms with Gasteiger partial charge < -0.3 is 4.74 Å². The van der Waals surface area contributed by atoms with Crippen LogP contribution < -0.4 is 10.5 Å². The van der Waals surface area contributed by atoms with Crippen molar-refractivity contribution >= 4 is 0 Å². The van der Waals surface area contributed by atoms with E-state index in [9.17, 15) is 0 Å². The molecule has 1 unspecified atom stereocenters. The first-order valence-corrected chi connectivity index (χ1v) is 3.26. The minimum absolute atomic E-state index is 0.655. The van der Waals surface area contributed by atoms with Gasteiger partial charge in [0, 0.05) is 0 Å². The molecule has 0 spiro atoms. The Bertz CT molecular complexity index is 250. The van der Waals surface area contributed by atoms with E-state index in [1.165, 1.54) is 0 Å². The van der Waals surface area contributed by atoms with Gasteiger partial charge in [0.2, 0.25) is 6.23 Å². The highest BCUT2D eigenvalue weighted by Crippen LogP contribution is 2.08. The molecule has 1 aromatic carbocycles. The quantitative estimate of drug-likeness (QED) is 0.500. The van der Waals surface area contributed by atoms with Crippen LogP contribution in [0.25, 0.3) is 0 Å². The first kappa shape index (κ1) is 7.64. The van der Waals surface area contributed by atoms with Crippen LogP contribution in [-0.4, -0.2) is 6.23 Å². The number of hydrogen-bond acceptors (Lipinski definition) is 2. The summed E-state index contributed by atoms with van der Waals surface area (Å²) >= 11 is 0. The minimum atomic E-state index is -0.655. The zero-order valence-electron chi connectivity index (χ0n) is 6.03. The molecule has 0 aliphatic carbocycles. The fourth-order valence-electron chi connectivity index (χ4n) is 0.680. The van der Waals surface area contributed by atoms with Crippen molar-refractivity contribution in [2.75, 3.05) is 0 Å². The number of rotatable bonds is 2. The summed E-state index contributed by atoms with van der Waals surface area (Å²) in [6, 6.07) is 9.22. The molecular formula is C9H9NO. The predicted molar refractivity (Wildman–Crippen MR) is 43.9 cm³/mol. The molecule has 0 aliphatic rings. The van der Waals surface area contributed by atoms with Crippen molar-refractivity contribution < 1.29 is 4.74 Å². The second kappa shape index (κ2) is 3.65. The molecule has 0 saturated carbocycles. The Morgan fingerprint density at radius 1 is 1.36 bits per heavy atom. The topological polar surface area (TPSA) is 35.2 Å². The lowest BCUT2D eigenvalue weighted by molar-refractivity contribution is 0.267. The van der Waals surface area contributed by atoms with Crippen molar-refractivity contribution in [1.82, 2.24) is 0 Å². The van der Waals surface area contributed by atoms with E-state index in [0.717, 1.165) is 0 Å². The molecule has 1 atom stereocenters. The van der Waals surface area contributed by atoms with Crippen LogP contribution >= 0.6 is 0 Å². The second-order valence-electron chi connectivity index (χ2n) is 2.02. The van der Waals surface area contributed by atoms with E-state index in [0.29, 0.717) is 5.75 Å². The third kappa shape index (κ3) is 2.32. The summed E-state index contributed by atoms with van der Waals surface area (Å²) in [5.74, 6) is 2.96. The molecule has 2 nitrogen and oxygen atoms in total. The predicted octanol–water partition coefficient (Wildman–Crippen LogP) is 0.983. The largest absolute Gasteiger partial charge is 0.464 e. The van der Waals surface area contributed by atoms with Gasteiger partial charge in [-0.05, 0) is 18.1 Å². The van der Waals surface area contributed by atoms with Crippen molar-refractivity contribution in [2.24, 2.45) is 5.73 Å². The van der Waals surface area contributed by atoms with Gasteiger partial charge in [-0.15, -0.1) is 6.42 Å². The Balaban J connectivity index is 2.60. The van der Waals surface area contributed by atoms with Crippen LogP contribution in [0, 0.1) is 12.3 Å². The highest BCUT2D eigenvalue weighted by atomic mass is 16.5. The maximum atomic E-state index is 5.35. The molecule has 11 heavy (non-hydrogen) atoms. The van der Waals surface area contributed by atoms with Crippen molar-refractivity contribution in [3.8, 4) is 18.1 Å². The van der Waals surface area contributed by atoms with E-state index in [2.05, 4.69) is 5.92 Å². The highest BCUT2D eigenvalue weighted by Gasteiger charge is 1.96. The average molecular weight is 147 g/mol. The van der Waals surface area contributed by atoms with Crippen LogP contribution in [0.5, 0.6) is 5.75 Å². The molecule has 0 amide bonds. The van der Waals surface area contributed by atoms with Crippen LogP contribution in [-0.2, 0) is 0 Å². The maximum absolute atomic E-state index is 5.35. The summed E-state index contributed by atoms with van der Waals surface area (Å²) < 4.78 is 5.11. The Labute approximate surface area is 66.0 Å². The SMILES string of the molecule is C#CC(N)Oc1ccccc1. The first-order valence-electron chi connectivity index (χ1n) is 3.26. The zero-order valence-corrected chi connectivity index (χ0v) is 6.03. The van der Waals surface area contributed by atoms with Crippen molar-refractivity contribution in [2.45, 2.75) is 6.23 Å². The van der Waals surface area contributed by atoms with Gasteiger partial charge in [-0.1, -0.05) is 18.2 Å². The Kier molecular flexibility index (Phi) is 2.53. The zero-order chi connectivity index (χ0) is 8.10. The third-order valence-corrected chi connectivity index (χ3v) is 1.17. The van der Waals surface area contributed by atoms with Gasteiger partial charge in [-0.3, -0.25) is 5.73 Å². The van der Waals surface area contributed by atoms with Gasteiger partial charge >= 0.3 is 0 Å². The summed E-state index contributed by atoms with van der Waals surface area (Å²) in [6.45, 7) is 0. The summed E-state index contributed by atoms with van der Waals surface area (Å²) in [5, 5.41) is 0. The Morgan fingerprint density at radius 3 is 2.55 bits per heavy atom. The van der Waals surface area contributed by atoms with Crippen LogP contribution in [0.15, 0.2) is 30.3 Å². The monoisotopic (exact) mass is 147 g/mol. The highest BCUT2D eigenvalue weighted by molar-refractivity contribution is 5.21. The van der Waals surface area contributed by atoms with E-state index < -0.39 is 6.23 Å². The molecule has 0 heterocycles. The number of hydrogen-bond donors (Lipinski definition) is 1. The van der Waals surface area contributed by atoms with Crippen LogP contribution in [0.1, 0.15) is 0 Å². The molecule has 1 rings (SSSR count). The molecule has 0 saturated heterocycles. The molecule has 0 aromatic heterocycles. The van der Waals surface area contributed by atoms with E-state index in [1.54, 1.807) is 12.1 Å². The molecule has 2 N–H and O–H groups in total. The van der Waals surface area contributed by atoms with Gasteiger partial charge in [0.25, 0.3) is 0 Å². The summed E-state index contributed by atoms with van der Waals surface area (Å²) in [7, 11) is 0. The lowest BCUT2D eigenvalue weighted by Crippen LogP contribution is -2.24. The standard InChI is InChI=1S/C9H9NO/c1-2-9(10)11-8-6-4-3-5-7-8/h1,3-7,9H,10H2. The lowest BCUT2D eigenvalue weighted by atomic mass is 10.3. The van der Waals surface area contributed by atoms with E-state index in [4.69, 9.17) is 16.9 Å². The van der Waals surface area contributed by atoms with Gasteiger partial charge in [0.15, 0.2) is 0 Å². The molecule has 0 fully saturated rings. The van der Waals surface area contributed by atoms with E-state index in [1.807, 2.05) is 18.2 Å². The second-order valence-corrected chi connectivity index (χ2v) is 2.02. The summed E-state index contributed by atoms with van der Waals surface area (Å²) in [5.41, 5.74) is 5.35. The number of para-hydroxylation sites is 1. The number of terminal acetylenes is 1. The van der Waals surface area contributed by atoms with Gasteiger partial charge in [0.05, 0.1) is 0 Å². The van der Waals surface area contributed by atoms with E-state index >= 15 is 0 Å². The van der Waals surface area contributed by atoms with Crippen LogP contribution in [0.4, 0.5) is 0 Å². The van der Waals surface area contributed by atoms with E-state index in [-0.39, 0.29) is 0 Å². The van der Waals surface area contributed by atoms with Crippen molar-refractivity contribution in [1.29, 1.82) is 0 Å². The Hall–Kier alpha value is -1.46. The van der Waals surface area contributed by atoms with Gasteiger partial charge in [0.1, 0.15) is 5.75 Å². The number of benzene rings is 1. The summed E-state index contributed by atoms with van der Waals surface area (Å²) in [4.78, 5) is 0. The Morgan fingerprint density at radius 2 is 2.00 bits per heavy atom. The fourth-order valence-corrected chi connectivity index (χ4v) is 0.680. The molecule has 2 heteroatoms. The smallest absolute Gasteiger partial charge is 0.210 e. The summed E-state index contributed by atoms with van der Waals surface area (Å²) in [6.07, 6.45) is 4.36. The van der Waals surface area contributed by atoms with Gasteiger partial charge in [-0.25, -0.2) is 0 Å². The van der Waals surface area contributed by atoms with Crippen molar-refractivity contribution in [3.05, 3.63) is 30.3 Å². The third-order valence-electron chi connectivity index (χ3n) is 1.17. The molecular weight excluding hydrogens is 138 g/mol. The number of ether oxygens (including phenoxy) is 1. The number of nitrogens with two attached hydrogens (primary N) is 1. The normalized spacial score (nSPS) is 11.6. The fraction of sp³-hybridized carbons (Fsp3) is 0.111. The maximum Gasteiger partial charge on any atom is 0.210 e. The average Bonchev–Trinajstić information content (AvgIpc) is 2.06. The van der Waals surface area contributed by atoms with Crippen molar-refractivity contribution in [3.63, 3.8) is 0 Å². The minimum Gasteiger partial charge on any atom is -0.464 e. The molecule has 1 aromatic rings. The van der Waals surface area contributed by atoms with Gasteiger partial charge in [-0.2, -0.15) is 0 Å².